The van der Waals surface area contributed by atoms with Crippen LogP contribution in [0.15, 0.2) is 71.4 Å². The molecule has 2 aromatic carbocycles. The molecule has 0 saturated carbocycles. The van der Waals surface area contributed by atoms with Crippen molar-refractivity contribution in [1.82, 2.24) is 15.1 Å². The van der Waals surface area contributed by atoms with Crippen LogP contribution in [0.3, 0.4) is 0 Å². The summed E-state index contributed by atoms with van der Waals surface area (Å²) in [6.45, 7) is 4.43. The lowest BCUT2D eigenvalue weighted by molar-refractivity contribution is -0.121. The summed E-state index contributed by atoms with van der Waals surface area (Å²) in [7, 11) is 0. The third-order valence-electron chi connectivity index (χ3n) is 4.93. The quantitative estimate of drug-likeness (QED) is 0.458. The molecule has 0 aliphatic carbocycles. The third kappa shape index (κ3) is 4.38. The van der Waals surface area contributed by atoms with Gasteiger partial charge in [0.2, 0.25) is 5.91 Å². The molecule has 0 bridgehead atoms. The van der Waals surface area contributed by atoms with E-state index in [1.165, 1.54) is 0 Å². The van der Waals surface area contributed by atoms with E-state index in [0.29, 0.717) is 30.8 Å². The Bertz CT molecular complexity index is 1130. The molecule has 0 radical (unpaired) electrons. The average molecular weight is 403 g/mol. The van der Waals surface area contributed by atoms with Crippen LogP contribution in [0.2, 0.25) is 0 Å². The molecule has 2 aromatic heterocycles. The summed E-state index contributed by atoms with van der Waals surface area (Å²) < 4.78 is 13.4. The van der Waals surface area contributed by atoms with Gasteiger partial charge in [-0.2, -0.15) is 5.10 Å². The smallest absolute Gasteiger partial charge is 0.220 e. The van der Waals surface area contributed by atoms with Crippen LogP contribution in [-0.4, -0.2) is 22.3 Å². The molecule has 1 atom stereocenters. The fourth-order valence-corrected chi connectivity index (χ4v) is 3.39. The van der Waals surface area contributed by atoms with Crippen molar-refractivity contribution in [3.63, 3.8) is 0 Å². The first-order chi connectivity index (χ1) is 14.6. The molecule has 1 N–H and O–H groups in total. The van der Waals surface area contributed by atoms with Gasteiger partial charge in [-0.05, 0) is 50.1 Å². The highest BCUT2D eigenvalue weighted by Crippen LogP contribution is 2.31. The van der Waals surface area contributed by atoms with E-state index in [0.717, 1.165) is 22.4 Å². The lowest BCUT2D eigenvalue weighted by atomic mass is 10.1. The number of hydrogen-bond donors (Lipinski definition) is 1. The Labute approximate surface area is 175 Å². The summed E-state index contributed by atoms with van der Waals surface area (Å²) in [5.74, 6) is 1.40. The Hall–Kier alpha value is -3.54. The molecule has 4 aromatic rings. The molecule has 0 spiro atoms. The van der Waals surface area contributed by atoms with E-state index < -0.39 is 0 Å². The maximum absolute atomic E-state index is 12.5. The highest BCUT2D eigenvalue weighted by Gasteiger charge is 2.16. The largest absolute Gasteiger partial charge is 0.490 e. The maximum Gasteiger partial charge on any atom is 0.220 e. The number of ether oxygens (including phenoxy) is 1. The number of furan rings is 1. The van der Waals surface area contributed by atoms with E-state index in [2.05, 4.69) is 10.4 Å². The molecule has 0 aliphatic rings. The molecular weight excluding hydrogens is 378 g/mol. The van der Waals surface area contributed by atoms with E-state index in [1.54, 1.807) is 6.20 Å². The van der Waals surface area contributed by atoms with Gasteiger partial charge in [0.1, 0.15) is 5.76 Å². The van der Waals surface area contributed by atoms with Gasteiger partial charge in [-0.1, -0.05) is 30.3 Å². The molecule has 0 saturated heterocycles. The van der Waals surface area contributed by atoms with Gasteiger partial charge in [0.25, 0.3) is 0 Å². The van der Waals surface area contributed by atoms with Gasteiger partial charge >= 0.3 is 0 Å². The second-order valence-corrected chi connectivity index (χ2v) is 7.17. The van der Waals surface area contributed by atoms with E-state index in [-0.39, 0.29) is 11.9 Å². The van der Waals surface area contributed by atoms with E-state index in [1.807, 2.05) is 79.3 Å². The lowest BCUT2D eigenvalue weighted by Gasteiger charge is -2.11. The van der Waals surface area contributed by atoms with Crippen LogP contribution in [0, 0.1) is 0 Å². The van der Waals surface area contributed by atoms with Crippen molar-refractivity contribution in [1.29, 1.82) is 0 Å². The van der Waals surface area contributed by atoms with Crippen molar-refractivity contribution in [2.75, 3.05) is 6.61 Å². The number of para-hydroxylation sites is 2. The van der Waals surface area contributed by atoms with Crippen molar-refractivity contribution in [2.24, 2.45) is 0 Å². The Morgan fingerprint density at radius 3 is 2.83 bits per heavy atom. The van der Waals surface area contributed by atoms with Crippen molar-refractivity contribution in [3.8, 4) is 11.4 Å². The monoisotopic (exact) mass is 403 g/mol. The SMILES string of the molecule is CCOc1cccc2cc(C(C)NC(=O)CCc3cnn(-c4ccccc4)c3)oc12. The first kappa shape index (κ1) is 19.8. The van der Waals surface area contributed by atoms with Crippen molar-refractivity contribution >= 4 is 16.9 Å². The van der Waals surface area contributed by atoms with Gasteiger partial charge in [0, 0.05) is 18.0 Å². The molecule has 6 nitrogen and oxygen atoms in total. The zero-order valence-electron chi connectivity index (χ0n) is 17.2. The molecule has 154 valence electrons. The Balaban J connectivity index is 1.36. The molecule has 6 heteroatoms. The standard InChI is InChI=1S/C24H25N3O3/c1-3-29-21-11-7-8-19-14-22(30-24(19)21)17(2)26-23(28)13-12-18-15-25-27(16-18)20-9-5-4-6-10-20/h4-11,14-17H,3,12-13H2,1-2H3,(H,26,28). The summed E-state index contributed by atoms with van der Waals surface area (Å²) in [4.78, 5) is 12.5. The molecule has 0 fully saturated rings. The molecule has 1 unspecified atom stereocenters. The second kappa shape index (κ2) is 8.86. The van der Waals surface area contributed by atoms with E-state index in [4.69, 9.17) is 9.15 Å². The fraction of sp³-hybridized carbons (Fsp3) is 0.250. The minimum Gasteiger partial charge on any atom is -0.490 e. The molecule has 1 amide bonds. The zero-order valence-corrected chi connectivity index (χ0v) is 17.2. The number of aromatic nitrogens is 2. The normalized spacial score (nSPS) is 12.1. The first-order valence-corrected chi connectivity index (χ1v) is 10.2. The number of rotatable bonds is 8. The highest BCUT2D eigenvalue weighted by atomic mass is 16.5. The molecule has 4 rings (SSSR count). The van der Waals surface area contributed by atoms with Crippen LogP contribution in [0.1, 0.15) is 37.6 Å². The second-order valence-electron chi connectivity index (χ2n) is 7.17. The Morgan fingerprint density at radius 2 is 2.03 bits per heavy atom. The molecule has 2 heterocycles. The maximum atomic E-state index is 12.5. The minimum atomic E-state index is -0.230. The van der Waals surface area contributed by atoms with Crippen molar-refractivity contribution < 1.29 is 13.9 Å². The number of aryl methyl sites for hydroxylation is 1. The van der Waals surface area contributed by atoms with Gasteiger partial charge in [0.15, 0.2) is 11.3 Å². The summed E-state index contributed by atoms with van der Waals surface area (Å²) in [6.07, 6.45) is 4.77. The van der Waals surface area contributed by atoms with Gasteiger partial charge in [-0.15, -0.1) is 0 Å². The van der Waals surface area contributed by atoms with Crippen LogP contribution in [0.5, 0.6) is 5.75 Å². The minimum absolute atomic E-state index is 0.0274. The van der Waals surface area contributed by atoms with Crippen LogP contribution >= 0.6 is 0 Å². The summed E-state index contributed by atoms with van der Waals surface area (Å²) >= 11 is 0. The average Bonchev–Trinajstić information content (AvgIpc) is 3.41. The predicted molar refractivity (Wildman–Crippen MR) is 116 cm³/mol. The molecular formula is C24H25N3O3. The van der Waals surface area contributed by atoms with E-state index in [9.17, 15) is 4.79 Å². The number of carbonyl (C=O) groups is 1. The summed E-state index contributed by atoms with van der Waals surface area (Å²) in [6, 6.07) is 17.4. The Morgan fingerprint density at radius 1 is 1.20 bits per heavy atom. The van der Waals surface area contributed by atoms with Crippen LogP contribution in [-0.2, 0) is 11.2 Å². The number of hydrogen-bond acceptors (Lipinski definition) is 4. The number of amides is 1. The Kier molecular flexibility index (Phi) is 5.84. The van der Waals surface area contributed by atoms with Crippen LogP contribution in [0.4, 0.5) is 0 Å². The summed E-state index contributed by atoms with van der Waals surface area (Å²) in [5, 5.41) is 8.36. The van der Waals surface area contributed by atoms with Crippen LogP contribution < -0.4 is 10.1 Å². The van der Waals surface area contributed by atoms with E-state index >= 15 is 0 Å². The van der Waals surface area contributed by atoms with Gasteiger partial charge in [0.05, 0.1) is 24.5 Å². The van der Waals surface area contributed by atoms with Crippen molar-refractivity contribution in [3.05, 3.63) is 78.3 Å². The first-order valence-electron chi connectivity index (χ1n) is 10.2. The number of benzene rings is 2. The molecule has 30 heavy (non-hydrogen) atoms. The third-order valence-corrected chi connectivity index (χ3v) is 4.93. The number of nitrogens with zero attached hydrogens (tertiary/aromatic N) is 2. The van der Waals surface area contributed by atoms with Crippen LogP contribution in [0.25, 0.3) is 16.7 Å². The number of carbonyl (C=O) groups excluding carboxylic acids is 1. The topological polar surface area (TPSA) is 69.3 Å². The fourth-order valence-electron chi connectivity index (χ4n) is 3.39. The lowest BCUT2D eigenvalue weighted by Crippen LogP contribution is -2.26. The number of fused-ring (bicyclic) bond motifs is 1. The number of nitrogens with one attached hydrogen (secondary N) is 1. The van der Waals surface area contributed by atoms with Gasteiger partial charge in [-0.3, -0.25) is 4.79 Å². The van der Waals surface area contributed by atoms with Gasteiger partial charge in [-0.25, -0.2) is 4.68 Å². The summed E-state index contributed by atoms with van der Waals surface area (Å²) in [5.41, 5.74) is 2.73. The molecule has 0 aliphatic heterocycles. The zero-order chi connectivity index (χ0) is 20.9. The predicted octanol–water partition coefficient (Wildman–Crippen LogP) is 4.83. The van der Waals surface area contributed by atoms with Gasteiger partial charge < -0.3 is 14.5 Å². The van der Waals surface area contributed by atoms with Crippen molar-refractivity contribution in [2.45, 2.75) is 32.7 Å². The highest BCUT2D eigenvalue weighted by molar-refractivity contribution is 5.84.